The van der Waals surface area contributed by atoms with Crippen LogP contribution in [0.1, 0.15) is 22.9 Å². The monoisotopic (exact) mass is 334 g/mol. The maximum atomic E-state index is 6.07. The minimum Gasteiger partial charge on any atom is -0.364 e. The molecule has 3 rings (SSSR count). The maximum Gasteiger partial charge on any atom is 0.0641 e. The van der Waals surface area contributed by atoms with Gasteiger partial charge >= 0.3 is 0 Å². The van der Waals surface area contributed by atoms with Crippen molar-refractivity contribution in [1.82, 2.24) is 9.97 Å². The van der Waals surface area contributed by atoms with Gasteiger partial charge < -0.3 is 9.97 Å². The van der Waals surface area contributed by atoms with Gasteiger partial charge in [0.2, 0.25) is 0 Å². The Morgan fingerprint density at radius 2 is 1.58 bits per heavy atom. The molecule has 96 valence electrons. The summed E-state index contributed by atoms with van der Waals surface area (Å²) in [6.07, 6.45) is 3.88. The van der Waals surface area contributed by atoms with E-state index in [1.807, 2.05) is 30.6 Å². The zero-order chi connectivity index (χ0) is 13.2. The Kier molecular flexibility index (Phi) is 3.49. The highest BCUT2D eigenvalue weighted by molar-refractivity contribution is 9.10. The van der Waals surface area contributed by atoms with Crippen LogP contribution in [-0.4, -0.2) is 9.97 Å². The second-order valence-electron chi connectivity index (χ2n) is 4.36. The number of aromatic amines is 2. The lowest BCUT2D eigenvalue weighted by molar-refractivity contribution is 0.897. The highest BCUT2D eigenvalue weighted by atomic mass is 79.9. The SMILES string of the molecule is Clc1ccc(C(c2ccc[nH]2)c2ccc[nH]2)cc1Br. The van der Waals surface area contributed by atoms with Crippen LogP contribution in [0.25, 0.3) is 0 Å². The van der Waals surface area contributed by atoms with Crippen molar-refractivity contribution >= 4 is 27.5 Å². The van der Waals surface area contributed by atoms with Crippen molar-refractivity contribution in [2.45, 2.75) is 5.92 Å². The molecule has 2 aromatic heterocycles. The van der Waals surface area contributed by atoms with E-state index in [4.69, 9.17) is 11.6 Å². The number of H-pyrrole nitrogens is 2. The molecule has 2 N–H and O–H groups in total. The smallest absolute Gasteiger partial charge is 0.0641 e. The van der Waals surface area contributed by atoms with Crippen LogP contribution >= 0.6 is 27.5 Å². The van der Waals surface area contributed by atoms with Crippen LogP contribution in [-0.2, 0) is 0 Å². The van der Waals surface area contributed by atoms with E-state index in [1.54, 1.807) is 0 Å². The van der Waals surface area contributed by atoms with Crippen LogP contribution in [0, 0.1) is 0 Å². The van der Waals surface area contributed by atoms with E-state index in [9.17, 15) is 0 Å². The Bertz CT molecular complexity index is 625. The highest BCUT2D eigenvalue weighted by Crippen LogP contribution is 2.33. The number of benzene rings is 1. The van der Waals surface area contributed by atoms with Crippen molar-refractivity contribution in [1.29, 1.82) is 0 Å². The number of rotatable bonds is 3. The van der Waals surface area contributed by atoms with Gasteiger partial charge in [0.05, 0.1) is 10.9 Å². The highest BCUT2D eigenvalue weighted by Gasteiger charge is 2.19. The summed E-state index contributed by atoms with van der Waals surface area (Å²) in [5, 5.41) is 0.723. The molecule has 0 atom stereocenters. The third-order valence-electron chi connectivity index (χ3n) is 3.14. The van der Waals surface area contributed by atoms with Gasteiger partial charge in [-0.1, -0.05) is 17.7 Å². The van der Waals surface area contributed by atoms with E-state index < -0.39 is 0 Å². The molecule has 1 aromatic carbocycles. The summed E-state index contributed by atoms with van der Waals surface area (Å²) in [5.41, 5.74) is 3.48. The van der Waals surface area contributed by atoms with Gasteiger partial charge in [-0.2, -0.15) is 0 Å². The summed E-state index contributed by atoms with van der Waals surface area (Å²) >= 11 is 9.56. The van der Waals surface area contributed by atoms with Gasteiger partial charge in [-0.05, 0) is 57.9 Å². The fraction of sp³-hybridized carbons (Fsp3) is 0.0667. The number of halogens is 2. The third-order valence-corrected chi connectivity index (χ3v) is 4.36. The molecule has 0 spiro atoms. The zero-order valence-corrected chi connectivity index (χ0v) is 12.4. The van der Waals surface area contributed by atoms with E-state index in [1.165, 1.54) is 5.56 Å². The molecule has 4 heteroatoms. The molecular formula is C15H12BrClN2. The summed E-state index contributed by atoms with van der Waals surface area (Å²) in [4.78, 5) is 6.58. The van der Waals surface area contributed by atoms with Crippen molar-refractivity contribution in [3.8, 4) is 0 Å². The van der Waals surface area contributed by atoms with E-state index in [0.29, 0.717) is 0 Å². The van der Waals surface area contributed by atoms with Gasteiger partial charge in [0.25, 0.3) is 0 Å². The van der Waals surface area contributed by atoms with Crippen LogP contribution < -0.4 is 0 Å². The average Bonchev–Trinajstić information content (AvgIpc) is 3.07. The van der Waals surface area contributed by atoms with Crippen molar-refractivity contribution in [2.75, 3.05) is 0 Å². The fourth-order valence-electron chi connectivity index (χ4n) is 2.27. The van der Waals surface area contributed by atoms with Crippen LogP contribution in [0.15, 0.2) is 59.3 Å². The van der Waals surface area contributed by atoms with Crippen molar-refractivity contribution in [2.24, 2.45) is 0 Å². The molecule has 0 bridgehead atoms. The quantitative estimate of drug-likeness (QED) is 0.679. The van der Waals surface area contributed by atoms with Gasteiger partial charge in [-0.25, -0.2) is 0 Å². The van der Waals surface area contributed by atoms with E-state index in [2.05, 4.69) is 50.2 Å². The molecule has 0 aliphatic rings. The lowest BCUT2D eigenvalue weighted by Crippen LogP contribution is -2.04. The van der Waals surface area contributed by atoms with Gasteiger partial charge in [0, 0.05) is 28.3 Å². The molecule has 0 fully saturated rings. The number of hydrogen-bond donors (Lipinski definition) is 2. The van der Waals surface area contributed by atoms with Gasteiger partial charge in [-0.3, -0.25) is 0 Å². The Morgan fingerprint density at radius 1 is 0.947 bits per heavy atom. The molecule has 0 unspecified atom stereocenters. The van der Waals surface area contributed by atoms with E-state index in [-0.39, 0.29) is 5.92 Å². The molecule has 19 heavy (non-hydrogen) atoms. The molecule has 0 aliphatic heterocycles. The molecular weight excluding hydrogens is 324 g/mol. The standard InChI is InChI=1S/C15H12BrClN2/c16-11-9-10(5-6-12(11)17)15(13-3-1-7-18-13)14-4-2-8-19-14/h1-9,15,18-19H. The second-order valence-corrected chi connectivity index (χ2v) is 5.62. The first-order valence-corrected chi connectivity index (χ1v) is 7.14. The van der Waals surface area contributed by atoms with Crippen LogP contribution in [0.5, 0.6) is 0 Å². The van der Waals surface area contributed by atoms with E-state index >= 15 is 0 Å². The maximum absolute atomic E-state index is 6.07. The summed E-state index contributed by atoms with van der Waals surface area (Å²) in [6, 6.07) is 14.2. The van der Waals surface area contributed by atoms with Crippen LogP contribution in [0.4, 0.5) is 0 Å². The molecule has 0 amide bonds. The summed E-state index contributed by atoms with van der Waals surface area (Å²) in [5.74, 6) is 0.151. The second kappa shape index (κ2) is 5.27. The van der Waals surface area contributed by atoms with Crippen LogP contribution in [0.2, 0.25) is 5.02 Å². The first-order valence-electron chi connectivity index (χ1n) is 5.97. The fourth-order valence-corrected chi connectivity index (χ4v) is 2.78. The number of aromatic nitrogens is 2. The van der Waals surface area contributed by atoms with Crippen LogP contribution in [0.3, 0.4) is 0 Å². The largest absolute Gasteiger partial charge is 0.364 e. The first-order chi connectivity index (χ1) is 9.25. The minimum absolute atomic E-state index is 0.151. The van der Waals surface area contributed by atoms with E-state index in [0.717, 1.165) is 20.9 Å². The average molecular weight is 336 g/mol. The molecule has 2 heterocycles. The van der Waals surface area contributed by atoms with Crippen molar-refractivity contribution < 1.29 is 0 Å². The zero-order valence-electron chi connectivity index (χ0n) is 10.0. The molecule has 3 aromatic rings. The lowest BCUT2D eigenvalue weighted by Gasteiger charge is -2.16. The minimum atomic E-state index is 0.151. The van der Waals surface area contributed by atoms with Crippen molar-refractivity contribution in [3.63, 3.8) is 0 Å². The topological polar surface area (TPSA) is 31.6 Å². The first kappa shape index (κ1) is 12.6. The Labute approximate surface area is 124 Å². The van der Waals surface area contributed by atoms with Gasteiger partial charge in [-0.15, -0.1) is 0 Å². The van der Waals surface area contributed by atoms with Gasteiger partial charge in [0.1, 0.15) is 0 Å². The normalized spacial score (nSPS) is 11.1. The summed E-state index contributed by atoms with van der Waals surface area (Å²) in [6.45, 7) is 0. The molecule has 0 aliphatic carbocycles. The van der Waals surface area contributed by atoms with Gasteiger partial charge in [0.15, 0.2) is 0 Å². The Hall–Kier alpha value is -1.45. The predicted molar refractivity (Wildman–Crippen MR) is 81.7 cm³/mol. The van der Waals surface area contributed by atoms with Crippen molar-refractivity contribution in [3.05, 3.63) is 81.3 Å². The molecule has 2 nitrogen and oxygen atoms in total. The molecule has 0 saturated heterocycles. The Balaban J connectivity index is 2.12. The molecule has 0 saturated carbocycles. The number of hydrogen-bond acceptors (Lipinski definition) is 0. The summed E-state index contributed by atoms with van der Waals surface area (Å²) in [7, 11) is 0. The molecule has 0 radical (unpaired) electrons. The number of nitrogens with one attached hydrogen (secondary N) is 2. The summed E-state index contributed by atoms with van der Waals surface area (Å²) < 4.78 is 0.912. The predicted octanol–water partition coefficient (Wildman–Crippen LogP) is 4.94. The lowest BCUT2D eigenvalue weighted by atomic mass is 9.93. The Morgan fingerprint density at radius 3 is 2.05 bits per heavy atom. The third kappa shape index (κ3) is 2.48.